The van der Waals surface area contributed by atoms with Crippen LogP contribution in [-0.4, -0.2) is 26.5 Å². The van der Waals surface area contributed by atoms with E-state index < -0.39 is 16.1 Å². The van der Waals surface area contributed by atoms with E-state index in [0.717, 1.165) is 10.9 Å². The third kappa shape index (κ3) is 3.89. The summed E-state index contributed by atoms with van der Waals surface area (Å²) < 4.78 is 34.3. The number of fused-ring (bicyclic) bond motifs is 1. The van der Waals surface area contributed by atoms with E-state index >= 15 is 0 Å². The van der Waals surface area contributed by atoms with Crippen molar-refractivity contribution < 1.29 is 22.1 Å². The molecule has 0 bridgehead atoms. The molecule has 0 unspecified atom stereocenters. The smallest absolute Gasteiger partial charge is 0.337 e. The number of carbonyl (C=O) groups excluding carboxylic acids is 1. The zero-order valence-corrected chi connectivity index (χ0v) is 15.1. The number of benzene rings is 2. The molecule has 0 saturated carbocycles. The number of carbonyl (C=O) groups is 1. The van der Waals surface area contributed by atoms with Crippen LogP contribution < -0.4 is 0 Å². The monoisotopic (exact) mass is 371 g/mol. The Morgan fingerprint density at radius 2 is 1.77 bits per heavy atom. The first-order valence-corrected chi connectivity index (χ1v) is 9.24. The topological polar surface area (TPSA) is 82.6 Å². The molecular weight excluding hydrogens is 354 g/mol. The quantitative estimate of drug-likeness (QED) is 0.506. The van der Waals surface area contributed by atoms with Gasteiger partial charge in [-0.1, -0.05) is 23.8 Å². The number of hydrogen-bond acceptors (Lipinski definition) is 6. The summed E-state index contributed by atoms with van der Waals surface area (Å²) in [7, 11) is -2.53. The minimum Gasteiger partial charge on any atom is -0.465 e. The Kier molecular flexibility index (Phi) is 5.01. The van der Waals surface area contributed by atoms with Gasteiger partial charge in [0.05, 0.1) is 28.8 Å². The van der Waals surface area contributed by atoms with Gasteiger partial charge in [-0.2, -0.15) is 8.42 Å². The van der Waals surface area contributed by atoms with Crippen molar-refractivity contribution in [3.05, 3.63) is 71.4 Å². The molecule has 0 aliphatic carbocycles. The van der Waals surface area contributed by atoms with Gasteiger partial charge in [0.1, 0.15) is 6.61 Å². The summed E-state index contributed by atoms with van der Waals surface area (Å²) in [6.45, 7) is 1.70. The number of esters is 1. The van der Waals surface area contributed by atoms with Gasteiger partial charge in [0.25, 0.3) is 10.1 Å². The molecule has 3 aromatic rings. The Labute approximate surface area is 151 Å². The van der Waals surface area contributed by atoms with Crippen LogP contribution in [-0.2, 0) is 25.6 Å². The summed E-state index contributed by atoms with van der Waals surface area (Å²) in [5.41, 5.74) is 2.49. The second-order valence-corrected chi connectivity index (χ2v) is 7.35. The van der Waals surface area contributed by atoms with Crippen LogP contribution in [0.25, 0.3) is 10.9 Å². The van der Waals surface area contributed by atoms with Crippen molar-refractivity contribution in [2.45, 2.75) is 18.4 Å². The van der Waals surface area contributed by atoms with E-state index in [1.54, 1.807) is 42.5 Å². The standard InChI is InChI=1S/C19H17NO5S/c1-13-3-8-17(9-4-13)26(22,23)25-12-16-7-5-14-11-15(19(21)24-2)6-10-18(14)20-16/h3-11H,12H2,1-2H3. The number of nitrogens with zero attached hydrogens (tertiary/aromatic N) is 1. The van der Waals surface area contributed by atoms with E-state index in [0.29, 0.717) is 16.8 Å². The summed E-state index contributed by atoms with van der Waals surface area (Å²) in [6, 6.07) is 14.8. The van der Waals surface area contributed by atoms with Crippen molar-refractivity contribution >= 4 is 27.0 Å². The molecule has 0 radical (unpaired) electrons. The van der Waals surface area contributed by atoms with E-state index in [-0.39, 0.29) is 11.5 Å². The minimum absolute atomic E-state index is 0.103. The SMILES string of the molecule is COC(=O)c1ccc2nc(COS(=O)(=O)c3ccc(C)cc3)ccc2c1. The molecule has 2 aromatic carbocycles. The highest BCUT2D eigenvalue weighted by molar-refractivity contribution is 7.86. The number of methoxy groups -OCH3 is 1. The Bertz CT molecular complexity index is 1060. The highest BCUT2D eigenvalue weighted by Gasteiger charge is 2.15. The average Bonchev–Trinajstić information content (AvgIpc) is 2.65. The molecular formula is C19H17NO5S. The van der Waals surface area contributed by atoms with Gasteiger partial charge >= 0.3 is 5.97 Å². The lowest BCUT2D eigenvalue weighted by Crippen LogP contribution is -2.07. The molecule has 0 amide bonds. The third-order valence-electron chi connectivity index (χ3n) is 3.84. The van der Waals surface area contributed by atoms with Crippen molar-refractivity contribution in [1.29, 1.82) is 0 Å². The summed E-state index contributed by atoms with van der Waals surface area (Å²) >= 11 is 0. The van der Waals surface area contributed by atoms with Gasteiger partial charge in [-0.05, 0) is 43.3 Å². The molecule has 7 heteroatoms. The predicted octanol–water partition coefficient (Wildman–Crippen LogP) is 3.24. The number of pyridine rings is 1. The Balaban J connectivity index is 1.78. The molecule has 0 aliphatic rings. The van der Waals surface area contributed by atoms with E-state index in [9.17, 15) is 13.2 Å². The van der Waals surface area contributed by atoms with Crippen LogP contribution in [0.1, 0.15) is 21.6 Å². The molecule has 1 aromatic heterocycles. The molecule has 3 rings (SSSR count). The number of ether oxygens (including phenoxy) is 1. The Morgan fingerprint density at radius 3 is 2.46 bits per heavy atom. The van der Waals surface area contributed by atoms with E-state index in [1.165, 1.54) is 19.2 Å². The summed E-state index contributed by atoms with van der Waals surface area (Å²) in [4.78, 5) is 16.0. The fourth-order valence-corrected chi connectivity index (χ4v) is 3.29. The molecule has 0 spiro atoms. The maximum absolute atomic E-state index is 12.2. The molecule has 26 heavy (non-hydrogen) atoms. The van der Waals surface area contributed by atoms with Gasteiger partial charge in [0.15, 0.2) is 0 Å². The van der Waals surface area contributed by atoms with Crippen molar-refractivity contribution in [2.75, 3.05) is 7.11 Å². The van der Waals surface area contributed by atoms with Crippen LogP contribution in [0.15, 0.2) is 59.5 Å². The molecule has 6 nitrogen and oxygen atoms in total. The molecule has 134 valence electrons. The number of aromatic nitrogens is 1. The van der Waals surface area contributed by atoms with Crippen molar-refractivity contribution in [3.63, 3.8) is 0 Å². The number of hydrogen-bond donors (Lipinski definition) is 0. The van der Waals surface area contributed by atoms with Crippen LogP contribution >= 0.6 is 0 Å². The zero-order chi connectivity index (χ0) is 18.7. The van der Waals surface area contributed by atoms with Gasteiger partial charge in [0, 0.05) is 5.39 Å². The second-order valence-electron chi connectivity index (χ2n) is 5.73. The lowest BCUT2D eigenvalue weighted by atomic mass is 10.1. The van der Waals surface area contributed by atoms with Crippen molar-refractivity contribution in [1.82, 2.24) is 4.98 Å². The maximum atomic E-state index is 12.2. The molecule has 0 saturated heterocycles. The minimum atomic E-state index is -3.85. The maximum Gasteiger partial charge on any atom is 0.337 e. The predicted molar refractivity (Wildman–Crippen MR) is 96.2 cm³/mol. The van der Waals surface area contributed by atoms with Crippen LogP contribution in [0.4, 0.5) is 0 Å². The molecule has 0 aliphatic heterocycles. The average molecular weight is 371 g/mol. The highest BCUT2D eigenvalue weighted by atomic mass is 32.2. The lowest BCUT2D eigenvalue weighted by molar-refractivity contribution is 0.0601. The summed E-state index contributed by atoms with van der Waals surface area (Å²) in [6.07, 6.45) is 0. The van der Waals surface area contributed by atoms with Gasteiger partial charge in [-0.15, -0.1) is 0 Å². The van der Waals surface area contributed by atoms with E-state index in [4.69, 9.17) is 4.18 Å². The van der Waals surface area contributed by atoms with Crippen LogP contribution in [0, 0.1) is 6.92 Å². The summed E-state index contributed by atoms with van der Waals surface area (Å²) in [5.74, 6) is -0.427. The first-order valence-electron chi connectivity index (χ1n) is 7.83. The first-order chi connectivity index (χ1) is 12.4. The number of rotatable bonds is 5. The van der Waals surface area contributed by atoms with E-state index in [1.807, 2.05) is 6.92 Å². The van der Waals surface area contributed by atoms with Gasteiger partial charge in [-0.25, -0.2) is 4.79 Å². The Hall–Kier alpha value is -2.77. The van der Waals surface area contributed by atoms with Crippen LogP contribution in [0.5, 0.6) is 0 Å². The number of aryl methyl sites for hydroxylation is 1. The second kappa shape index (κ2) is 7.23. The third-order valence-corrected chi connectivity index (χ3v) is 5.12. The van der Waals surface area contributed by atoms with Crippen LogP contribution in [0.2, 0.25) is 0 Å². The zero-order valence-electron chi connectivity index (χ0n) is 14.3. The molecule has 1 heterocycles. The van der Waals surface area contributed by atoms with Gasteiger partial charge < -0.3 is 4.74 Å². The lowest BCUT2D eigenvalue weighted by Gasteiger charge is -2.07. The van der Waals surface area contributed by atoms with Gasteiger partial charge in [-0.3, -0.25) is 9.17 Å². The highest BCUT2D eigenvalue weighted by Crippen LogP contribution is 2.18. The fourth-order valence-electron chi connectivity index (χ4n) is 2.40. The van der Waals surface area contributed by atoms with Crippen LogP contribution in [0.3, 0.4) is 0 Å². The normalized spacial score (nSPS) is 11.5. The fraction of sp³-hybridized carbons (Fsp3) is 0.158. The van der Waals surface area contributed by atoms with E-state index in [2.05, 4.69) is 9.72 Å². The molecule has 0 N–H and O–H groups in total. The largest absolute Gasteiger partial charge is 0.465 e. The molecule has 0 atom stereocenters. The van der Waals surface area contributed by atoms with Gasteiger partial charge in [0.2, 0.25) is 0 Å². The Morgan fingerprint density at radius 1 is 1.04 bits per heavy atom. The van der Waals surface area contributed by atoms with Crippen molar-refractivity contribution in [3.8, 4) is 0 Å². The van der Waals surface area contributed by atoms with Crippen molar-refractivity contribution in [2.24, 2.45) is 0 Å². The first kappa shape index (κ1) is 18.0. The summed E-state index contributed by atoms with van der Waals surface area (Å²) in [5, 5.41) is 0.748. The molecule has 0 fully saturated rings.